The Labute approximate surface area is 120 Å². The second kappa shape index (κ2) is 6.00. The standard InChI is InChI=1S/C14H16N2O3S/c1-4-19-14(18)13-9(2)7-12(17)16(10(13)3)8-11-15-5-6-20-11/h5-7H,4,8H2,1-3H3. The van der Waals surface area contributed by atoms with Crippen molar-refractivity contribution in [1.29, 1.82) is 0 Å². The minimum atomic E-state index is -0.393. The molecule has 0 unspecified atom stereocenters. The van der Waals surface area contributed by atoms with E-state index in [-0.39, 0.29) is 5.56 Å². The number of nitrogens with zero attached hydrogens (tertiary/aromatic N) is 2. The van der Waals surface area contributed by atoms with Gasteiger partial charge in [0.05, 0.1) is 18.7 Å². The van der Waals surface area contributed by atoms with E-state index in [2.05, 4.69) is 4.98 Å². The van der Waals surface area contributed by atoms with Crippen molar-refractivity contribution in [3.05, 3.63) is 49.8 Å². The molecule has 0 amide bonds. The third-order valence-electron chi connectivity index (χ3n) is 3.02. The Morgan fingerprint density at radius 1 is 1.45 bits per heavy atom. The van der Waals surface area contributed by atoms with Gasteiger partial charge in [0.15, 0.2) is 0 Å². The molecule has 106 valence electrons. The van der Waals surface area contributed by atoms with Crippen molar-refractivity contribution in [3.63, 3.8) is 0 Å². The molecule has 0 aromatic carbocycles. The molecule has 0 aliphatic rings. The Morgan fingerprint density at radius 3 is 2.80 bits per heavy atom. The zero-order chi connectivity index (χ0) is 14.7. The maximum absolute atomic E-state index is 12.1. The van der Waals surface area contributed by atoms with Gasteiger partial charge in [0, 0.05) is 23.3 Å². The van der Waals surface area contributed by atoms with Crippen LogP contribution in [0.1, 0.15) is 33.5 Å². The first-order valence-corrected chi connectivity index (χ1v) is 7.19. The number of hydrogen-bond donors (Lipinski definition) is 0. The van der Waals surface area contributed by atoms with Crippen molar-refractivity contribution in [2.45, 2.75) is 27.3 Å². The quantitative estimate of drug-likeness (QED) is 0.810. The summed E-state index contributed by atoms with van der Waals surface area (Å²) in [6.07, 6.45) is 1.70. The molecule has 6 heteroatoms. The van der Waals surface area contributed by atoms with E-state index >= 15 is 0 Å². The van der Waals surface area contributed by atoms with E-state index in [0.29, 0.717) is 30.0 Å². The molecule has 2 aromatic heterocycles. The zero-order valence-electron chi connectivity index (χ0n) is 11.7. The summed E-state index contributed by atoms with van der Waals surface area (Å²) < 4.78 is 6.61. The van der Waals surface area contributed by atoms with Crippen molar-refractivity contribution >= 4 is 17.3 Å². The second-order valence-electron chi connectivity index (χ2n) is 4.36. The fraction of sp³-hybridized carbons (Fsp3) is 0.357. The lowest BCUT2D eigenvalue weighted by molar-refractivity contribution is 0.0523. The topological polar surface area (TPSA) is 61.2 Å². The summed E-state index contributed by atoms with van der Waals surface area (Å²) in [5, 5.41) is 2.68. The fourth-order valence-electron chi connectivity index (χ4n) is 2.10. The molecule has 0 saturated carbocycles. The van der Waals surface area contributed by atoms with Crippen LogP contribution < -0.4 is 5.56 Å². The lowest BCUT2D eigenvalue weighted by Gasteiger charge is -2.14. The number of aryl methyl sites for hydroxylation is 1. The predicted molar refractivity (Wildman–Crippen MR) is 77.3 cm³/mol. The van der Waals surface area contributed by atoms with Crippen LogP contribution >= 0.6 is 11.3 Å². The Morgan fingerprint density at radius 2 is 2.20 bits per heavy atom. The number of ether oxygens (including phenoxy) is 1. The summed E-state index contributed by atoms with van der Waals surface area (Å²) in [6.45, 7) is 5.94. The smallest absolute Gasteiger partial charge is 0.340 e. The van der Waals surface area contributed by atoms with E-state index in [1.807, 2.05) is 5.38 Å². The van der Waals surface area contributed by atoms with Crippen LogP contribution in [0.2, 0.25) is 0 Å². The van der Waals surface area contributed by atoms with Crippen LogP contribution in [-0.2, 0) is 11.3 Å². The fourth-order valence-corrected chi connectivity index (χ4v) is 2.70. The molecule has 2 heterocycles. The molecular formula is C14H16N2O3S. The van der Waals surface area contributed by atoms with Gasteiger partial charge in [0.25, 0.3) is 5.56 Å². The normalized spacial score (nSPS) is 10.6. The first-order chi connectivity index (χ1) is 9.54. The summed E-state index contributed by atoms with van der Waals surface area (Å²) in [4.78, 5) is 28.3. The van der Waals surface area contributed by atoms with Crippen LogP contribution in [0.3, 0.4) is 0 Å². The highest BCUT2D eigenvalue weighted by atomic mass is 32.1. The van der Waals surface area contributed by atoms with Crippen LogP contribution in [0.4, 0.5) is 0 Å². The van der Waals surface area contributed by atoms with E-state index in [4.69, 9.17) is 4.74 Å². The van der Waals surface area contributed by atoms with Gasteiger partial charge in [-0.2, -0.15) is 0 Å². The Kier molecular flexibility index (Phi) is 4.34. The molecule has 0 bridgehead atoms. The monoisotopic (exact) mass is 292 g/mol. The number of aromatic nitrogens is 2. The molecule has 0 aliphatic heterocycles. The number of thiazole rings is 1. The largest absolute Gasteiger partial charge is 0.462 e. The van der Waals surface area contributed by atoms with Gasteiger partial charge in [-0.25, -0.2) is 9.78 Å². The van der Waals surface area contributed by atoms with Gasteiger partial charge >= 0.3 is 5.97 Å². The number of rotatable bonds is 4. The molecular weight excluding hydrogens is 276 g/mol. The van der Waals surface area contributed by atoms with Crippen LogP contribution in [0.15, 0.2) is 22.4 Å². The van der Waals surface area contributed by atoms with Gasteiger partial charge in [0.2, 0.25) is 0 Å². The predicted octanol–water partition coefficient (Wildman–Crippen LogP) is 2.15. The van der Waals surface area contributed by atoms with Gasteiger partial charge < -0.3 is 9.30 Å². The van der Waals surface area contributed by atoms with Gasteiger partial charge in [-0.15, -0.1) is 11.3 Å². The van der Waals surface area contributed by atoms with Crippen molar-refractivity contribution in [2.24, 2.45) is 0 Å². The minimum Gasteiger partial charge on any atom is -0.462 e. The van der Waals surface area contributed by atoms with Crippen molar-refractivity contribution in [1.82, 2.24) is 9.55 Å². The molecule has 0 N–H and O–H groups in total. The maximum Gasteiger partial charge on any atom is 0.340 e. The summed E-state index contributed by atoms with van der Waals surface area (Å²) in [5.74, 6) is -0.393. The highest BCUT2D eigenvalue weighted by Crippen LogP contribution is 2.15. The molecule has 2 aromatic rings. The second-order valence-corrected chi connectivity index (χ2v) is 5.34. The number of esters is 1. The Bertz CT molecular complexity index is 674. The highest BCUT2D eigenvalue weighted by molar-refractivity contribution is 7.09. The number of carbonyl (C=O) groups is 1. The summed E-state index contributed by atoms with van der Waals surface area (Å²) in [6, 6.07) is 1.47. The molecule has 0 atom stereocenters. The summed E-state index contributed by atoms with van der Waals surface area (Å²) >= 11 is 1.48. The summed E-state index contributed by atoms with van der Waals surface area (Å²) in [7, 11) is 0. The van der Waals surface area contributed by atoms with E-state index in [1.54, 1.807) is 31.5 Å². The van der Waals surface area contributed by atoms with Crippen LogP contribution in [-0.4, -0.2) is 22.1 Å². The zero-order valence-corrected chi connectivity index (χ0v) is 12.5. The average Bonchev–Trinajstić information content (AvgIpc) is 2.87. The Balaban J connectivity index is 2.49. The molecule has 0 radical (unpaired) electrons. The molecule has 0 aliphatic carbocycles. The summed E-state index contributed by atoms with van der Waals surface area (Å²) in [5.41, 5.74) is 1.58. The van der Waals surface area contributed by atoms with Gasteiger partial charge in [-0.1, -0.05) is 0 Å². The first kappa shape index (κ1) is 14.5. The van der Waals surface area contributed by atoms with E-state index in [0.717, 1.165) is 5.01 Å². The maximum atomic E-state index is 12.1. The lowest BCUT2D eigenvalue weighted by atomic mass is 10.1. The number of pyridine rings is 1. The first-order valence-electron chi connectivity index (χ1n) is 6.31. The SMILES string of the molecule is CCOC(=O)c1c(C)cc(=O)n(Cc2nccs2)c1C. The molecule has 0 spiro atoms. The molecule has 20 heavy (non-hydrogen) atoms. The van der Waals surface area contributed by atoms with Crippen molar-refractivity contribution < 1.29 is 9.53 Å². The molecule has 0 fully saturated rings. The van der Waals surface area contributed by atoms with Crippen molar-refractivity contribution in [2.75, 3.05) is 6.61 Å². The lowest BCUT2D eigenvalue weighted by Crippen LogP contribution is -2.26. The van der Waals surface area contributed by atoms with Crippen LogP contribution in [0.25, 0.3) is 0 Å². The van der Waals surface area contributed by atoms with Gasteiger partial charge in [-0.05, 0) is 26.3 Å². The van der Waals surface area contributed by atoms with Crippen LogP contribution in [0.5, 0.6) is 0 Å². The average molecular weight is 292 g/mol. The Hall–Kier alpha value is -1.95. The van der Waals surface area contributed by atoms with Gasteiger partial charge in [-0.3, -0.25) is 4.79 Å². The third kappa shape index (κ3) is 2.80. The molecule has 2 rings (SSSR count). The molecule has 5 nitrogen and oxygen atoms in total. The van der Waals surface area contributed by atoms with E-state index in [9.17, 15) is 9.59 Å². The van der Waals surface area contributed by atoms with E-state index < -0.39 is 5.97 Å². The van der Waals surface area contributed by atoms with Crippen LogP contribution in [0, 0.1) is 13.8 Å². The van der Waals surface area contributed by atoms with Gasteiger partial charge in [0.1, 0.15) is 5.01 Å². The molecule has 0 saturated heterocycles. The number of hydrogen-bond acceptors (Lipinski definition) is 5. The number of carbonyl (C=O) groups excluding carboxylic acids is 1. The minimum absolute atomic E-state index is 0.136. The third-order valence-corrected chi connectivity index (χ3v) is 3.79. The van der Waals surface area contributed by atoms with Crippen molar-refractivity contribution in [3.8, 4) is 0 Å². The highest BCUT2D eigenvalue weighted by Gasteiger charge is 2.18. The van der Waals surface area contributed by atoms with E-state index in [1.165, 1.54) is 17.4 Å².